The summed E-state index contributed by atoms with van der Waals surface area (Å²) in [5.74, 6) is 0. The van der Waals surface area contributed by atoms with E-state index in [0.29, 0.717) is 0 Å². The van der Waals surface area contributed by atoms with E-state index >= 15 is 0 Å². The summed E-state index contributed by atoms with van der Waals surface area (Å²) in [6.45, 7) is 8.17. The van der Waals surface area contributed by atoms with E-state index in [9.17, 15) is 0 Å². The minimum atomic E-state index is 0.844. The fourth-order valence-electron chi connectivity index (χ4n) is 1.69. The zero-order valence-corrected chi connectivity index (χ0v) is 9.80. The average molecular weight is 196 g/mol. The van der Waals surface area contributed by atoms with Crippen molar-refractivity contribution in [2.45, 2.75) is 71.1 Å². The van der Waals surface area contributed by atoms with Crippen molar-refractivity contribution in [1.82, 2.24) is 0 Å². The third-order valence-corrected chi connectivity index (χ3v) is 2.64. The first-order chi connectivity index (χ1) is 6.91. The first-order valence-electron chi connectivity index (χ1n) is 6.28. The molecule has 0 aliphatic heterocycles. The monoisotopic (exact) mass is 196 g/mol. The molecule has 0 aromatic carbocycles. The lowest BCUT2D eigenvalue weighted by Crippen LogP contribution is -1.82. The van der Waals surface area contributed by atoms with Crippen LogP contribution in [0.3, 0.4) is 0 Å². The van der Waals surface area contributed by atoms with E-state index in [2.05, 4.69) is 11.8 Å². The Balaban J connectivity index is 2.82. The first kappa shape index (κ1) is 13.5. The molecular formula is C13H26N+. The molecule has 1 heteroatoms. The summed E-state index contributed by atoms with van der Waals surface area (Å²) in [5, 5.41) is 0. The van der Waals surface area contributed by atoms with Crippen LogP contribution in [0.2, 0.25) is 0 Å². The SMILES string of the molecule is C#[N+]CCCCCCCCCCCC. The van der Waals surface area contributed by atoms with Gasteiger partial charge >= 0.3 is 0 Å². The third-order valence-electron chi connectivity index (χ3n) is 2.64. The molecule has 82 valence electrons. The van der Waals surface area contributed by atoms with Crippen molar-refractivity contribution in [2.24, 2.45) is 0 Å². The second kappa shape index (κ2) is 12.5. The summed E-state index contributed by atoms with van der Waals surface area (Å²) < 4.78 is 0. The molecule has 0 saturated heterocycles. The largest absolute Gasteiger partial charge is 0.263 e. The van der Waals surface area contributed by atoms with Crippen molar-refractivity contribution >= 4 is 0 Å². The standard InChI is InChI=1S/C13H26N/c1-3-4-5-6-7-8-9-10-11-12-13-14-2/h2H,3-13H2,1H3/q+1. The molecule has 0 unspecified atom stereocenters. The highest BCUT2D eigenvalue weighted by Gasteiger charge is 1.93. The Morgan fingerprint density at radius 1 is 0.714 bits per heavy atom. The van der Waals surface area contributed by atoms with Gasteiger partial charge in [-0.25, -0.2) is 0 Å². The van der Waals surface area contributed by atoms with Gasteiger partial charge in [0.15, 0.2) is 0 Å². The van der Waals surface area contributed by atoms with Crippen molar-refractivity contribution in [2.75, 3.05) is 6.54 Å². The zero-order chi connectivity index (χ0) is 10.5. The summed E-state index contributed by atoms with van der Waals surface area (Å²) in [5.41, 5.74) is 0. The van der Waals surface area contributed by atoms with Crippen LogP contribution >= 0.6 is 0 Å². The first-order valence-corrected chi connectivity index (χ1v) is 6.28. The fraction of sp³-hybridized carbons (Fsp3) is 0.923. The van der Waals surface area contributed by atoms with Gasteiger partial charge in [0.05, 0.1) is 0 Å². The molecule has 0 aliphatic carbocycles. The van der Waals surface area contributed by atoms with Crippen LogP contribution in [-0.4, -0.2) is 6.54 Å². The lowest BCUT2D eigenvalue weighted by Gasteiger charge is -1.99. The molecule has 0 heterocycles. The van der Waals surface area contributed by atoms with Gasteiger partial charge in [0, 0.05) is 6.42 Å². The van der Waals surface area contributed by atoms with Gasteiger partial charge in [-0.1, -0.05) is 63.1 Å². The van der Waals surface area contributed by atoms with Crippen molar-refractivity contribution in [3.05, 3.63) is 4.85 Å². The Hall–Kier alpha value is -0.510. The smallest absolute Gasteiger partial charge is 0.0869 e. The quantitative estimate of drug-likeness (QED) is 0.439. The van der Waals surface area contributed by atoms with Crippen molar-refractivity contribution in [3.63, 3.8) is 0 Å². The van der Waals surface area contributed by atoms with E-state index in [1.165, 1.54) is 64.2 Å². The van der Waals surface area contributed by atoms with E-state index < -0.39 is 0 Å². The lowest BCUT2D eigenvalue weighted by molar-refractivity contribution is 0.561. The van der Waals surface area contributed by atoms with Gasteiger partial charge in [0.1, 0.15) is 0 Å². The van der Waals surface area contributed by atoms with Crippen LogP contribution in [0.15, 0.2) is 0 Å². The van der Waals surface area contributed by atoms with E-state index in [1.807, 2.05) is 0 Å². The van der Waals surface area contributed by atoms with Gasteiger partial charge in [-0.2, -0.15) is 0 Å². The van der Waals surface area contributed by atoms with Gasteiger partial charge in [0.25, 0.3) is 13.1 Å². The molecule has 0 amide bonds. The number of hydrogen-bond acceptors (Lipinski definition) is 0. The lowest BCUT2D eigenvalue weighted by atomic mass is 10.1. The second-order valence-electron chi connectivity index (χ2n) is 4.09. The molecule has 0 bridgehead atoms. The molecule has 0 saturated carbocycles. The van der Waals surface area contributed by atoms with Crippen LogP contribution < -0.4 is 0 Å². The Kier molecular flexibility index (Phi) is 12.0. The summed E-state index contributed by atoms with van der Waals surface area (Å²) >= 11 is 0. The minimum absolute atomic E-state index is 0.844. The number of rotatable bonds is 10. The second-order valence-corrected chi connectivity index (χ2v) is 4.09. The molecule has 0 N–H and O–H groups in total. The molecule has 0 atom stereocenters. The maximum absolute atomic E-state index is 5.06. The third kappa shape index (κ3) is 11.5. The van der Waals surface area contributed by atoms with Crippen molar-refractivity contribution < 1.29 is 0 Å². The number of unbranched alkanes of at least 4 members (excludes halogenated alkanes) is 9. The normalized spacial score (nSPS) is 10.0. The van der Waals surface area contributed by atoms with Crippen LogP contribution in [0.1, 0.15) is 71.1 Å². The van der Waals surface area contributed by atoms with E-state index in [4.69, 9.17) is 6.57 Å². The van der Waals surface area contributed by atoms with Gasteiger partial charge < -0.3 is 0 Å². The van der Waals surface area contributed by atoms with Crippen molar-refractivity contribution in [3.8, 4) is 6.57 Å². The highest BCUT2D eigenvalue weighted by Crippen LogP contribution is 2.10. The van der Waals surface area contributed by atoms with Crippen LogP contribution in [0.4, 0.5) is 0 Å². The molecule has 0 radical (unpaired) electrons. The summed E-state index contributed by atoms with van der Waals surface area (Å²) in [7, 11) is 0. The fourth-order valence-corrected chi connectivity index (χ4v) is 1.69. The highest BCUT2D eigenvalue weighted by molar-refractivity contribution is 4.64. The molecule has 0 fully saturated rings. The van der Waals surface area contributed by atoms with E-state index in [-0.39, 0.29) is 0 Å². The Morgan fingerprint density at radius 2 is 1.14 bits per heavy atom. The van der Waals surface area contributed by atoms with Crippen LogP contribution in [0, 0.1) is 6.57 Å². The maximum Gasteiger partial charge on any atom is 0.263 e. The summed E-state index contributed by atoms with van der Waals surface area (Å²) in [6.07, 6.45) is 13.7. The van der Waals surface area contributed by atoms with Crippen LogP contribution in [-0.2, 0) is 0 Å². The summed E-state index contributed by atoms with van der Waals surface area (Å²) in [6, 6.07) is 0. The molecule has 0 aromatic heterocycles. The predicted octanol–water partition coefficient (Wildman–Crippen LogP) is 4.87. The van der Waals surface area contributed by atoms with E-state index in [0.717, 1.165) is 6.54 Å². The van der Waals surface area contributed by atoms with Gasteiger partial charge in [-0.15, -0.1) is 0 Å². The Bertz CT molecular complexity index is 135. The van der Waals surface area contributed by atoms with Gasteiger partial charge in [-0.05, 0) is 6.42 Å². The van der Waals surface area contributed by atoms with Gasteiger partial charge in [-0.3, -0.25) is 0 Å². The predicted molar refractivity (Wildman–Crippen MR) is 65.0 cm³/mol. The Morgan fingerprint density at radius 3 is 1.57 bits per heavy atom. The Labute approximate surface area is 89.7 Å². The number of nitrogens with zero attached hydrogens (tertiary/aromatic N) is 1. The molecule has 0 spiro atoms. The van der Waals surface area contributed by atoms with Crippen LogP contribution in [0.5, 0.6) is 0 Å². The maximum atomic E-state index is 5.06. The topological polar surface area (TPSA) is 4.36 Å². The summed E-state index contributed by atoms with van der Waals surface area (Å²) in [4.78, 5) is 3.60. The van der Waals surface area contributed by atoms with Crippen molar-refractivity contribution in [1.29, 1.82) is 0 Å². The van der Waals surface area contributed by atoms with E-state index in [1.54, 1.807) is 0 Å². The molecular weight excluding hydrogens is 170 g/mol. The molecule has 0 aromatic rings. The van der Waals surface area contributed by atoms with Crippen LogP contribution in [0.25, 0.3) is 4.85 Å². The molecule has 1 nitrogen and oxygen atoms in total. The zero-order valence-electron chi connectivity index (χ0n) is 9.80. The molecule has 0 aliphatic rings. The highest BCUT2D eigenvalue weighted by atomic mass is 14.6. The average Bonchev–Trinajstić information content (AvgIpc) is 2.21. The minimum Gasteiger partial charge on any atom is -0.0869 e. The molecule has 14 heavy (non-hydrogen) atoms. The number of hydrogen-bond donors (Lipinski definition) is 0. The molecule has 0 rings (SSSR count). The van der Waals surface area contributed by atoms with Gasteiger partial charge in [0.2, 0.25) is 0 Å².